The molecule has 1 atom stereocenters. The molecule has 2 aromatic carbocycles. The number of aromatic amines is 1. The van der Waals surface area contributed by atoms with Crippen molar-refractivity contribution in [2.45, 2.75) is 25.3 Å². The number of hydroxylamine groups is 1. The van der Waals surface area contributed by atoms with E-state index in [-0.39, 0.29) is 12.6 Å². The van der Waals surface area contributed by atoms with Crippen molar-refractivity contribution < 1.29 is 19.8 Å². The molecule has 0 radical (unpaired) electrons. The van der Waals surface area contributed by atoms with Crippen molar-refractivity contribution in [3.63, 3.8) is 0 Å². The van der Waals surface area contributed by atoms with Crippen molar-refractivity contribution in [2.75, 3.05) is 26.8 Å². The number of fused-ring (bicyclic) bond motifs is 2. The van der Waals surface area contributed by atoms with Crippen LogP contribution in [0.5, 0.6) is 5.75 Å². The number of methoxy groups -OCH3 is 1. The van der Waals surface area contributed by atoms with Gasteiger partial charge in [0, 0.05) is 48.4 Å². The maximum atomic E-state index is 11.2. The fraction of sp³-hybridized carbons (Fsp3) is 0.320. The standard InChI is InChI=1S/C25H29N3O4/c1-32-20-5-7-21-19(16-26-23(21)15-20)10-11-28(12-13-29)24-8-4-18-14-17(2-6-22(18)24)3-9-25(30)27-31/h2-3,5-7,9,14-16,24,26,29,31H,4,8,10-13H2,1H3,(H,27,30)/b9-3+/t24-/m0/s1. The molecule has 0 fully saturated rings. The summed E-state index contributed by atoms with van der Waals surface area (Å²) < 4.78 is 5.31. The highest BCUT2D eigenvalue weighted by Gasteiger charge is 2.27. The van der Waals surface area contributed by atoms with Crippen molar-refractivity contribution in [3.8, 4) is 5.75 Å². The van der Waals surface area contributed by atoms with Gasteiger partial charge in [0.2, 0.25) is 0 Å². The lowest BCUT2D eigenvalue weighted by Gasteiger charge is -2.29. The fourth-order valence-electron chi connectivity index (χ4n) is 4.62. The molecule has 0 aliphatic heterocycles. The van der Waals surface area contributed by atoms with Crippen LogP contribution in [0, 0.1) is 0 Å². The van der Waals surface area contributed by atoms with Crippen LogP contribution >= 0.6 is 0 Å². The van der Waals surface area contributed by atoms with Crippen LogP contribution in [0.1, 0.15) is 34.7 Å². The quantitative estimate of drug-likeness (QED) is 0.235. The van der Waals surface area contributed by atoms with Gasteiger partial charge in [0.15, 0.2) is 0 Å². The molecule has 7 heteroatoms. The number of aryl methyl sites for hydroxylation is 1. The van der Waals surface area contributed by atoms with Gasteiger partial charge in [-0.1, -0.05) is 18.2 Å². The Morgan fingerprint density at radius 3 is 2.94 bits per heavy atom. The minimum absolute atomic E-state index is 0.119. The molecule has 3 aromatic rings. The lowest BCUT2D eigenvalue weighted by Crippen LogP contribution is -2.32. The Balaban J connectivity index is 1.48. The first kappa shape index (κ1) is 22.1. The van der Waals surface area contributed by atoms with Crippen molar-refractivity contribution >= 4 is 22.9 Å². The molecule has 1 aliphatic carbocycles. The molecule has 4 rings (SSSR count). The SMILES string of the molecule is COc1ccc2c(CCN(CCO)[C@H]3CCc4cc(/C=C/C(=O)NO)ccc43)c[nH]c2c1. The lowest BCUT2D eigenvalue weighted by molar-refractivity contribution is -0.124. The summed E-state index contributed by atoms with van der Waals surface area (Å²) in [6.07, 6.45) is 7.91. The number of aliphatic hydroxyl groups is 1. The van der Waals surface area contributed by atoms with Gasteiger partial charge in [0.05, 0.1) is 13.7 Å². The van der Waals surface area contributed by atoms with Gasteiger partial charge in [-0.25, -0.2) is 5.48 Å². The normalized spacial score (nSPS) is 15.6. The summed E-state index contributed by atoms with van der Waals surface area (Å²) in [5.74, 6) is 0.287. The Bertz CT molecular complexity index is 1120. The topological polar surface area (TPSA) is 97.8 Å². The highest BCUT2D eigenvalue weighted by molar-refractivity contribution is 5.90. The van der Waals surface area contributed by atoms with Crippen LogP contribution < -0.4 is 10.2 Å². The van der Waals surface area contributed by atoms with Gasteiger partial charge in [-0.05, 0) is 59.7 Å². The number of nitrogens with zero attached hydrogens (tertiary/aromatic N) is 1. The Labute approximate surface area is 187 Å². The molecular formula is C25H29N3O4. The summed E-state index contributed by atoms with van der Waals surface area (Å²) in [5, 5.41) is 19.5. The average molecular weight is 436 g/mol. The van der Waals surface area contributed by atoms with Crippen LogP contribution in [0.2, 0.25) is 0 Å². The summed E-state index contributed by atoms with van der Waals surface area (Å²) in [5.41, 5.74) is 7.40. The number of hydrogen-bond acceptors (Lipinski definition) is 5. The van der Waals surface area contributed by atoms with Crippen LogP contribution in [-0.2, 0) is 17.6 Å². The van der Waals surface area contributed by atoms with E-state index in [1.54, 1.807) is 18.7 Å². The second-order valence-corrected chi connectivity index (χ2v) is 8.06. The van der Waals surface area contributed by atoms with Crippen LogP contribution in [0.25, 0.3) is 17.0 Å². The molecule has 0 saturated heterocycles. The molecule has 1 heterocycles. The number of aromatic nitrogens is 1. The molecule has 7 nitrogen and oxygen atoms in total. The van der Waals surface area contributed by atoms with E-state index in [2.05, 4.69) is 34.3 Å². The van der Waals surface area contributed by atoms with E-state index in [1.165, 1.54) is 28.2 Å². The first-order chi connectivity index (χ1) is 15.6. The first-order valence-corrected chi connectivity index (χ1v) is 10.9. The number of nitrogens with one attached hydrogen (secondary N) is 2. The molecule has 32 heavy (non-hydrogen) atoms. The number of carbonyl (C=O) groups excluding carboxylic acids is 1. The van der Waals surface area contributed by atoms with Crippen LogP contribution in [0.4, 0.5) is 0 Å². The molecule has 0 bridgehead atoms. The van der Waals surface area contributed by atoms with Gasteiger partial charge in [-0.3, -0.25) is 14.9 Å². The number of carbonyl (C=O) groups is 1. The van der Waals surface area contributed by atoms with Gasteiger partial charge in [0.1, 0.15) is 5.75 Å². The molecule has 0 spiro atoms. The third-order valence-electron chi connectivity index (χ3n) is 6.22. The largest absolute Gasteiger partial charge is 0.497 e. The highest BCUT2D eigenvalue weighted by atomic mass is 16.5. The second kappa shape index (κ2) is 9.99. The van der Waals surface area contributed by atoms with Gasteiger partial charge >= 0.3 is 0 Å². The third kappa shape index (κ3) is 4.70. The number of hydrogen-bond donors (Lipinski definition) is 4. The van der Waals surface area contributed by atoms with Crippen LogP contribution in [0.15, 0.2) is 48.7 Å². The number of ether oxygens (including phenoxy) is 1. The molecule has 1 aromatic heterocycles. The average Bonchev–Trinajstić information content (AvgIpc) is 3.43. The van der Waals surface area contributed by atoms with Crippen molar-refractivity contribution in [2.24, 2.45) is 0 Å². The van der Waals surface area contributed by atoms with Crippen molar-refractivity contribution in [1.29, 1.82) is 0 Å². The molecule has 1 aliphatic rings. The van der Waals surface area contributed by atoms with Gasteiger partial charge < -0.3 is 14.8 Å². The summed E-state index contributed by atoms with van der Waals surface area (Å²) in [7, 11) is 1.67. The Kier molecular flexibility index (Phi) is 6.90. The monoisotopic (exact) mass is 435 g/mol. The smallest absolute Gasteiger partial charge is 0.267 e. The Hall–Kier alpha value is -3.13. The van der Waals surface area contributed by atoms with Crippen LogP contribution in [0.3, 0.4) is 0 Å². The molecule has 4 N–H and O–H groups in total. The fourth-order valence-corrected chi connectivity index (χ4v) is 4.62. The van der Waals surface area contributed by atoms with Gasteiger partial charge in [-0.15, -0.1) is 0 Å². The summed E-state index contributed by atoms with van der Waals surface area (Å²) in [6.45, 7) is 1.59. The van der Waals surface area contributed by atoms with E-state index in [0.29, 0.717) is 6.54 Å². The van der Waals surface area contributed by atoms with Crippen molar-refractivity contribution in [1.82, 2.24) is 15.4 Å². The minimum Gasteiger partial charge on any atom is -0.497 e. The third-order valence-corrected chi connectivity index (χ3v) is 6.22. The maximum absolute atomic E-state index is 11.2. The molecular weight excluding hydrogens is 406 g/mol. The summed E-state index contributed by atoms with van der Waals surface area (Å²) in [6, 6.07) is 12.5. The molecule has 0 saturated carbocycles. The Morgan fingerprint density at radius 1 is 1.28 bits per heavy atom. The van der Waals surface area contributed by atoms with E-state index in [4.69, 9.17) is 9.94 Å². The van der Waals surface area contributed by atoms with E-state index in [1.807, 2.05) is 18.2 Å². The predicted molar refractivity (Wildman–Crippen MR) is 124 cm³/mol. The van der Waals surface area contributed by atoms with E-state index < -0.39 is 5.91 Å². The number of H-pyrrole nitrogens is 1. The minimum atomic E-state index is -0.548. The van der Waals surface area contributed by atoms with E-state index in [0.717, 1.165) is 42.6 Å². The van der Waals surface area contributed by atoms with E-state index in [9.17, 15) is 9.90 Å². The van der Waals surface area contributed by atoms with Crippen molar-refractivity contribution in [3.05, 3.63) is 70.9 Å². The molecule has 0 unspecified atom stereocenters. The predicted octanol–water partition coefficient (Wildman–Crippen LogP) is 3.22. The first-order valence-electron chi connectivity index (χ1n) is 10.9. The summed E-state index contributed by atoms with van der Waals surface area (Å²) in [4.78, 5) is 16.9. The Morgan fingerprint density at radius 2 is 2.16 bits per heavy atom. The zero-order valence-corrected chi connectivity index (χ0v) is 18.2. The number of aliphatic hydroxyl groups excluding tert-OH is 1. The van der Waals surface area contributed by atoms with Gasteiger partial charge in [0.25, 0.3) is 5.91 Å². The molecule has 168 valence electrons. The van der Waals surface area contributed by atoms with Crippen LogP contribution in [-0.4, -0.2) is 52.9 Å². The molecule has 1 amide bonds. The van der Waals surface area contributed by atoms with E-state index >= 15 is 0 Å². The number of amides is 1. The number of benzene rings is 2. The second-order valence-electron chi connectivity index (χ2n) is 8.06. The summed E-state index contributed by atoms with van der Waals surface area (Å²) >= 11 is 0. The zero-order chi connectivity index (χ0) is 22.5. The zero-order valence-electron chi connectivity index (χ0n) is 18.2. The van der Waals surface area contributed by atoms with Gasteiger partial charge in [-0.2, -0.15) is 0 Å². The lowest BCUT2D eigenvalue weighted by atomic mass is 10.0. The maximum Gasteiger partial charge on any atom is 0.267 e. The highest BCUT2D eigenvalue weighted by Crippen LogP contribution is 2.36. The number of rotatable bonds is 9.